The van der Waals surface area contributed by atoms with Gasteiger partial charge in [0.1, 0.15) is 5.82 Å². The minimum atomic E-state index is -0.532. The molecule has 3 nitrogen and oxygen atoms in total. The van der Waals surface area contributed by atoms with Crippen LogP contribution >= 0.6 is 0 Å². The molecule has 1 aromatic carbocycles. The highest BCUT2D eigenvalue weighted by Gasteiger charge is 2.24. The van der Waals surface area contributed by atoms with Gasteiger partial charge in [0.25, 0.3) is 0 Å². The average molecular weight is 209 g/mol. The van der Waals surface area contributed by atoms with Crippen molar-refractivity contribution in [3.05, 3.63) is 34.6 Å². The SMILES string of the molecule is COC(=O)c1cc(F)c2c(c1)[C@H](N)CC2. The molecule has 1 aliphatic rings. The summed E-state index contributed by atoms with van der Waals surface area (Å²) in [5, 5.41) is 0. The average Bonchev–Trinajstić information content (AvgIpc) is 2.60. The molecule has 2 rings (SSSR count). The molecule has 0 aliphatic heterocycles. The molecule has 2 N–H and O–H groups in total. The molecule has 1 aliphatic carbocycles. The summed E-state index contributed by atoms with van der Waals surface area (Å²) in [5.41, 5.74) is 7.40. The molecule has 4 heteroatoms. The first-order valence-electron chi connectivity index (χ1n) is 4.79. The van der Waals surface area contributed by atoms with Gasteiger partial charge in [-0.1, -0.05) is 0 Å². The van der Waals surface area contributed by atoms with Crippen molar-refractivity contribution in [2.24, 2.45) is 5.73 Å². The molecule has 0 fully saturated rings. The number of carbonyl (C=O) groups is 1. The molecule has 0 unspecified atom stereocenters. The number of fused-ring (bicyclic) bond motifs is 1. The van der Waals surface area contributed by atoms with Crippen LogP contribution in [0.15, 0.2) is 12.1 Å². The summed E-state index contributed by atoms with van der Waals surface area (Å²) in [7, 11) is 1.27. The van der Waals surface area contributed by atoms with Crippen LogP contribution in [0.5, 0.6) is 0 Å². The summed E-state index contributed by atoms with van der Waals surface area (Å²) in [6, 6.07) is 2.67. The molecule has 1 aromatic rings. The fourth-order valence-electron chi connectivity index (χ4n) is 1.94. The van der Waals surface area contributed by atoms with Crippen molar-refractivity contribution >= 4 is 5.97 Å². The fourth-order valence-corrected chi connectivity index (χ4v) is 1.94. The third kappa shape index (κ3) is 1.61. The molecule has 0 amide bonds. The number of rotatable bonds is 1. The fraction of sp³-hybridized carbons (Fsp3) is 0.364. The Hall–Kier alpha value is -1.42. The molecule has 80 valence electrons. The summed E-state index contributed by atoms with van der Waals surface area (Å²) < 4.78 is 18.1. The van der Waals surface area contributed by atoms with Crippen LogP contribution in [0.1, 0.15) is 33.9 Å². The second-order valence-corrected chi connectivity index (χ2v) is 3.66. The number of hydrogen-bond acceptors (Lipinski definition) is 3. The van der Waals surface area contributed by atoms with E-state index in [0.717, 1.165) is 12.0 Å². The van der Waals surface area contributed by atoms with E-state index < -0.39 is 5.97 Å². The van der Waals surface area contributed by atoms with Gasteiger partial charge in [-0.2, -0.15) is 0 Å². The molecule has 0 saturated heterocycles. The van der Waals surface area contributed by atoms with Gasteiger partial charge in [0.2, 0.25) is 0 Å². The first-order chi connectivity index (χ1) is 7.13. The molecular weight excluding hydrogens is 197 g/mol. The molecule has 1 atom stereocenters. The van der Waals surface area contributed by atoms with Crippen LogP contribution in [0.4, 0.5) is 4.39 Å². The van der Waals surface area contributed by atoms with Gasteiger partial charge in [0.15, 0.2) is 0 Å². The summed E-state index contributed by atoms with van der Waals surface area (Å²) in [4.78, 5) is 11.2. The Morgan fingerprint density at radius 2 is 2.33 bits per heavy atom. The topological polar surface area (TPSA) is 52.3 Å². The van der Waals surface area contributed by atoms with Crippen molar-refractivity contribution in [3.63, 3.8) is 0 Å². The first kappa shape index (κ1) is 10.1. The molecule has 0 radical (unpaired) electrons. The van der Waals surface area contributed by atoms with E-state index in [1.807, 2.05) is 0 Å². The Morgan fingerprint density at radius 3 is 3.00 bits per heavy atom. The maximum atomic E-state index is 13.6. The number of ether oxygens (including phenoxy) is 1. The van der Waals surface area contributed by atoms with E-state index in [1.165, 1.54) is 13.2 Å². The second-order valence-electron chi connectivity index (χ2n) is 3.66. The van der Waals surface area contributed by atoms with E-state index in [-0.39, 0.29) is 17.4 Å². The van der Waals surface area contributed by atoms with E-state index in [0.29, 0.717) is 12.0 Å². The van der Waals surface area contributed by atoms with E-state index in [4.69, 9.17) is 5.73 Å². The molecule has 0 bridgehead atoms. The highest BCUT2D eigenvalue weighted by atomic mass is 19.1. The smallest absolute Gasteiger partial charge is 0.337 e. The Morgan fingerprint density at radius 1 is 1.60 bits per heavy atom. The predicted octanol–water partition coefficient (Wildman–Crippen LogP) is 1.56. The van der Waals surface area contributed by atoms with Crippen LogP contribution in [0, 0.1) is 5.82 Å². The van der Waals surface area contributed by atoms with Crippen LogP contribution in [-0.4, -0.2) is 13.1 Å². The van der Waals surface area contributed by atoms with Gasteiger partial charge in [0.05, 0.1) is 12.7 Å². The Labute approximate surface area is 87.0 Å². The van der Waals surface area contributed by atoms with Gasteiger partial charge in [-0.15, -0.1) is 0 Å². The number of nitrogens with two attached hydrogens (primary N) is 1. The lowest BCUT2D eigenvalue weighted by atomic mass is 10.0. The van der Waals surface area contributed by atoms with Gasteiger partial charge in [0, 0.05) is 6.04 Å². The van der Waals surface area contributed by atoms with Gasteiger partial charge >= 0.3 is 5.97 Å². The second kappa shape index (κ2) is 3.62. The summed E-state index contributed by atoms with van der Waals surface area (Å²) >= 11 is 0. The van der Waals surface area contributed by atoms with E-state index >= 15 is 0 Å². The zero-order valence-corrected chi connectivity index (χ0v) is 8.42. The van der Waals surface area contributed by atoms with Gasteiger partial charge in [-0.3, -0.25) is 0 Å². The Bertz CT molecular complexity index is 417. The molecular formula is C11H12FNO2. The van der Waals surface area contributed by atoms with E-state index in [2.05, 4.69) is 4.74 Å². The van der Waals surface area contributed by atoms with E-state index in [9.17, 15) is 9.18 Å². The Kier molecular flexibility index (Phi) is 2.44. The molecule has 0 heterocycles. The standard InChI is InChI=1S/C11H12FNO2/c1-15-11(14)6-4-8-7(9(12)5-6)2-3-10(8)13/h4-5,10H,2-3,13H2,1H3/t10-/m1/s1. The monoisotopic (exact) mass is 209 g/mol. The van der Waals surface area contributed by atoms with Gasteiger partial charge in [-0.25, -0.2) is 9.18 Å². The number of methoxy groups -OCH3 is 1. The maximum absolute atomic E-state index is 13.6. The number of esters is 1. The van der Waals surface area contributed by atoms with Crippen LogP contribution in [0.2, 0.25) is 0 Å². The molecule has 0 spiro atoms. The third-order valence-electron chi connectivity index (χ3n) is 2.76. The van der Waals surface area contributed by atoms with Crippen LogP contribution in [0.25, 0.3) is 0 Å². The molecule has 0 saturated carbocycles. The minimum Gasteiger partial charge on any atom is -0.465 e. The van der Waals surface area contributed by atoms with Crippen LogP contribution in [-0.2, 0) is 11.2 Å². The largest absolute Gasteiger partial charge is 0.465 e. The van der Waals surface area contributed by atoms with Crippen LogP contribution in [0.3, 0.4) is 0 Å². The van der Waals surface area contributed by atoms with Gasteiger partial charge < -0.3 is 10.5 Å². The normalized spacial score (nSPS) is 18.7. The van der Waals surface area contributed by atoms with Crippen molar-refractivity contribution in [2.45, 2.75) is 18.9 Å². The molecule has 15 heavy (non-hydrogen) atoms. The van der Waals surface area contributed by atoms with Crippen molar-refractivity contribution in [3.8, 4) is 0 Å². The lowest BCUT2D eigenvalue weighted by Crippen LogP contribution is -2.08. The number of hydrogen-bond donors (Lipinski definition) is 1. The minimum absolute atomic E-state index is 0.167. The van der Waals surface area contributed by atoms with Gasteiger partial charge in [-0.05, 0) is 36.1 Å². The van der Waals surface area contributed by atoms with Crippen LogP contribution < -0.4 is 5.73 Å². The zero-order valence-electron chi connectivity index (χ0n) is 8.42. The number of carbonyl (C=O) groups excluding carboxylic acids is 1. The summed E-state index contributed by atoms with van der Waals surface area (Å²) in [6.45, 7) is 0. The maximum Gasteiger partial charge on any atom is 0.337 e. The Balaban J connectivity index is 2.50. The lowest BCUT2D eigenvalue weighted by molar-refractivity contribution is 0.0600. The van der Waals surface area contributed by atoms with Crippen molar-refractivity contribution < 1.29 is 13.9 Å². The first-order valence-corrected chi connectivity index (χ1v) is 4.79. The quantitative estimate of drug-likeness (QED) is 0.714. The van der Waals surface area contributed by atoms with E-state index in [1.54, 1.807) is 6.07 Å². The van der Waals surface area contributed by atoms with Crippen molar-refractivity contribution in [1.29, 1.82) is 0 Å². The predicted molar refractivity (Wildman–Crippen MR) is 53.0 cm³/mol. The highest BCUT2D eigenvalue weighted by Crippen LogP contribution is 2.32. The summed E-state index contributed by atoms with van der Waals surface area (Å²) in [5.74, 6) is -0.892. The number of benzene rings is 1. The van der Waals surface area contributed by atoms with Crippen molar-refractivity contribution in [2.75, 3.05) is 7.11 Å². The molecule has 0 aromatic heterocycles. The van der Waals surface area contributed by atoms with Crippen molar-refractivity contribution in [1.82, 2.24) is 0 Å². The number of halogens is 1. The highest BCUT2D eigenvalue weighted by molar-refractivity contribution is 5.89. The summed E-state index contributed by atoms with van der Waals surface area (Å²) in [6.07, 6.45) is 1.38. The lowest BCUT2D eigenvalue weighted by Gasteiger charge is -2.07. The zero-order chi connectivity index (χ0) is 11.0. The third-order valence-corrected chi connectivity index (χ3v) is 2.76.